The molecular weight excluding hydrogens is 462 g/mol. The quantitative estimate of drug-likeness (QED) is 0.505. The third-order valence-corrected chi connectivity index (χ3v) is 7.66. The van der Waals surface area contributed by atoms with Gasteiger partial charge in [-0.05, 0) is 68.4 Å². The number of para-hydroxylation sites is 1. The third kappa shape index (κ3) is 4.62. The van der Waals surface area contributed by atoms with Crippen LogP contribution < -0.4 is 10.1 Å². The highest BCUT2D eigenvalue weighted by molar-refractivity contribution is 6.30. The Morgan fingerprint density at radius 2 is 1.74 bits per heavy atom. The number of halogens is 1. The smallest absolute Gasteiger partial charge is 0.337 e. The molecule has 2 aromatic rings. The minimum atomic E-state index is -0.483. The van der Waals surface area contributed by atoms with Crippen molar-refractivity contribution in [3.05, 3.63) is 87.2 Å². The van der Waals surface area contributed by atoms with Gasteiger partial charge in [-0.3, -0.25) is 4.79 Å². The zero-order valence-corrected chi connectivity index (χ0v) is 20.9. The number of esters is 1. The maximum atomic E-state index is 13.7. The molecule has 5 rings (SSSR count). The highest BCUT2D eigenvalue weighted by Crippen LogP contribution is 2.47. The van der Waals surface area contributed by atoms with Crippen LogP contribution in [0, 0.1) is 0 Å². The van der Waals surface area contributed by atoms with Gasteiger partial charge in [-0.2, -0.15) is 0 Å². The molecule has 5 nitrogen and oxygen atoms in total. The molecule has 1 aliphatic heterocycles. The summed E-state index contributed by atoms with van der Waals surface area (Å²) in [5.41, 5.74) is 4.66. The van der Waals surface area contributed by atoms with Gasteiger partial charge in [0.05, 0.1) is 12.7 Å². The van der Waals surface area contributed by atoms with Crippen LogP contribution in [0.1, 0.15) is 68.4 Å². The number of benzene rings is 2. The van der Waals surface area contributed by atoms with Crippen molar-refractivity contribution in [2.75, 3.05) is 7.11 Å². The van der Waals surface area contributed by atoms with Gasteiger partial charge in [-0.1, -0.05) is 41.9 Å². The maximum absolute atomic E-state index is 13.7. The number of hydrogen-bond acceptors (Lipinski definition) is 5. The summed E-state index contributed by atoms with van der Waals surface area (Å²) in [5, 5.41) is 4.03. The van der Waals surface area contributed by atoms with Gasteiger partial charge in [0, 0.05) is 40.2 Å². The van der Waals surface area contributed by atoms with Crippen LogP contribution in [0.25, 0.3) is 0 Å². The first-order valence-corrected chi connectivity index (χ1v) is 12.7. The fourth-order valence-corrected chi connectivity index (χ4v) is 5.87. The third-order valence-electron chi connectivity index (χ3n) is 7.41. The second kappa shape index (κ2) is 9.90. The summed E-state index contributed by atoms with van der Waals surface area (Å²) < 4.78 is 11.5. The molecule has 2 atom stereocenters. The van der Waals surface area contributed by atoms with E-state index in [1.54, 1.807) is 19.2 Å². The molecular formula is C29H30ClNO4. The first-order chi connectivity index (χ1) is 17.0. The summed E-state index contributed by atoms with van der Waals surface area (Å²) in [7, 11) is 1.65. The fraction of sp³-hybridized carbons (Fsp3) is 0.379. The van der Waals surface area contributed by atoms with Gasteiger partial charge in [0.25, 0.3) is 0 Å². The Morgan fingerprint density at radius 3 is 2.46 bits per heavy atom. The number of allylic oxidation sites excluding steroid dienone is 3. The van der Waals surface area contributed by atoms with Gasteiger partial charge >= 0.3 is 5.97 Å². The summed E-state index contributed by atoms with van der Waals surface area (Å²) in [5.74, 6) is -0.00655. The molecule has 0 unspecified atom stereocenters. The van der Waals surface area contributed by atoms with Gasteiger partial charge in [-0.25, -0.2) is 4.79 Å². The Kier molecular flexibility index (Phi) is 6.70. The molecule has 0 saturated heterocycles. The van der Waals surface area contributed by atoms with Crippen molar-refractivity contribution in [2.24, 2.45) is 0 Å². The van der Waals surface area contributed by atoms with Gasteiger partial charge < -0.3 is 14.8 Å². The lowest BCUT2D eigenvalue weighted by Crippen LogP contribution is -2.36. The van der Waals surface area contributed by atoms with Crippen molar-refractivity contribution in [1.82, 2.24) is 5.32 Å². The van der Waals surface area contributed by atoms with Crippen LogP contribution in [0.4, 0.5) is 0 Å². The van der Waals surface area contributed by atoms with Crippen molar-refractivity contribution in [3.63, 3.8) is 0 Å². The topological polar surface area (TPSA) is 64.6 Å². The molecule has 182 valence electrons. The molecule has 3 aliphatic rings. The number of dihydropyridines is 1. The average molecular weight is 492 g/mol. The molecule has 1 saturated carbocycles. The molecule has 0 amide bonds. The summed E-state index contributed by atoms with van der Waals surface area (Å²) in [4.78, 5) is 27.2. The summed E-state index contributed by atoms with van der Waals surface area (Å²) in [6.07, 6.45) is 4.90. The van der Waals surface area contributed by atoms with Crippen molar-refractivity contribution in [3.8, 4) is 5.75 Å². The van der Waals surface area contributed by atoms with Crippen LogP contribution >= 0.6 is 11.6 Å². The maximum Gasteiger partial charge on any atom is 0.337 e. The number of hydrogen-bond donors (Lipinski definition) is 1. The molecule has 6 heteroatoms. The van der Waals surface area contributed by atoms with Crippen molar-refractivity contribution < 1.29 is 19.1 Å². The lowest BCUT2D eigenvalue weighted by Gasteiger charge is -2.37. The molecule has 2 aliphatic carbocycles. The molecule has 0 spiro atoms. The number of carbonyl (C=O) groups is 2. The molecule has 0 radical (unpaired) electrons. The number of rotatable bonds is 5. The van der Waals surface area contributed by atoms with E-state index in [1.165, 1.54) is 0 Å². The molecule has 1 heterocycles. The molecule has 0 bridgehead atoms. The molecule has 0 aromatic heterocycles. The van der Waals surface area contributed by atoms with Gasteiger partial charge in [0.15, 0.2) is 5.78 Å². The predicted octanol–water partition coefficient (Wildman–Crippen LogP) is 6.20. The SMILES string of the molecule is COc1ccccc1[C@@H]1CC(=O)C2=C(C1)NC(C)=C(C(=O)OC1CCCC1)[C@@H]2c1ccc(Cl)cc1. The van der Waals surface area contributed by atoms with E-state index in [1.807, 2.05) is 43.3 Å². The Hall–Kier alpha value is -3.05. The van der Waals surface area contributed by atoms with Gasteiger partial charge in [0.2, 0.25) is 0 Å². The van der Waals surface area contributed by atoms with E-state index in [4.69, 9.17) is 21.1 Å². The summed E-state index contributed by atoms with van der Waals surface area (Å²) in [6.45, 7) is 1.90. The van der Waals surface area contributed by atoms with E-state index < -0.39 is 5.92 Å². The van der Waals surface area contributed by atoms with Crippen LogP contribution in [-0.4, -0.2) is 25.0 Å². The summed E-state index contributed by atoms with van der Waals surface area (Å²) >= 11 is 6.17. The zero-order valence-electron chi connectivity index (χ0n) is 20.1. The fourth-order valence-electron chi connectivity index (χ4n) is 5.74. The Balaban J connectivity index is 1.54. The second-order valence-electron chi connectivity index (χ2n) is 9.62. The van der Waals surface area contributed by atoms with E-state index in [9.17, 15) is 9.59 Å². The van der Waals surface area contributed by atoms with Gasteiger partial charge in [0.1, 0.15) is 11.9 Å². The molecule has 35 heavy (non-hydrogen) atoms. The first-order valence-electron chi connectivity index (χ1n) is 12.3. The number of nitrogens with one attached hydrogen (secondary N) is 1. The monoisotopic (exact) mass is 491 g/mol. The summed E-state index contributed by atoms with van der Waals surface area (Å²) in [6, 6.07) is 15.3. The number of methoxy groups -OCH3 is 1. The lowest BCUT2D eigenvalue weighted by atomic mass is 9.71. The molecule has 1 fully saturated rings. The number of Topliss-reactive ketones (excluding diaryl/α,β-unsaturated/α-hetero) is 1. The standard InChI is InChI=1S/C29H30ClNO4/c1-17-26(29(33)35-21-7-3-4-8-21)27(18-11-13-20(30)14-12-18)28-23(31-17)15-19(16-24(28)32)22-9-5-6-10-25(22)34-2/h5-6,9-14,19,21,27,31H,3-4,7-8,15-16H2,1-2H3/t19-,27-/m0/s1. The van der Waals surface area contributed by atoms with Crippen molar-refractivity contribution in [2.45, 2.75) is 63.4 Å². The number of ether oxygens (including phenoxy) is 2. The Morgan fingerprint density at radius 1 is 1.03 bits per heavy atom. The van der Waals surface area contributed by atoms with Crippen molar-refractivity contribution >= 4 is 23.4 Å². The first kappa shape index (κ1) is 23.7. The van der Waals surface area contributed by atoms with Crippen molar-refractivity contribution in [1.29, 1.82) is 0 Å². The van der Waals surface area contributed by atoms with E-state index >= 15 is 0 Å². The van der Waals surface area contributed by atoms with Crippen LogP contribution in [0.15, 0.2) is 71.1 Å². The van der Waals surface area contributed by atoms with Crippen LogP contribution in [0.2, 0.25) is 5.02 Å². The molecule has 1 N–H and O–H groups in total. The van der Waals surface area contributed by atoms with E-state index in [0.29, 0.717) is 29.0 Å². The lowest BCUT2D eigenvalue weighted by molar-refractivity contribution is -0.144. The average Bonchev–Trinajstić information content (AvgIpc) is 3.36. The Labute approximate surface area is 211 Å². The normalized spacial score (nSPS) is 22.7. The van der Waals surface area contributed by atoms with Crippen LogP contribution in [-0.2, 0) is 14.3 Å². The van der Waals surface area contributed by atoms with E-state index in [-0.39, 0.29) is 23.8 Å². The second-order valence-corrected chi connectivity index (χ2v) is 10.1. The van der Waals surface area contributed by atoms with E-state index in [2.05, 4.69) is 5.32 Å². The predicted molar refractivity (Wildman–Crippen MR) is 135 cm³/mol. The van der Waals surface area contributed by atoms with Gasteiger partial charge in [-0.15, -0.1) is 0 Å². The molecule has 2 aromatic carbocycles. The number of carbonyl (C=O) groups excluding carboxylic acids is 2. The number of ketones is 1. The van der Waals surface area contributed by atoms with Crippen LogP contribution in [0.3, 0.4) is 0 Å². The van der Waals surface area contributed by atoms with E-state index in [0.717, 1.165) is 54.0 Å². The zero-order chi connectivity index (χ0) is 24.5. The minimum Gasteiger partial charge on any atom is -0.496 e. The van der Waals surface area contributed by atoms with Crippen LogP contribution in [0.5, 0.6) is 5.75 Å². The highest BCUT2D eigenvalue weighted by Gasteiger charge is 2.42. The minimum absolute atomic E-state index is 0.00411. The highest BCUT2D eigenvalue weighted by atomic mass is 35.5. The Bertz CT molecular complexity index is 1210. The largest absolute Gasteiger partial charge is 0.496 e.